The van der Waals surface area contributed by atoms with Crippen LogP contribution in [0.5, 0.6) is 0 Å². The number of para-hydroxylation sites is 1. The number of azo groups is 2. The Morgan fingerprint density at radius 3 is 2.05 bits per heavy atom. The highest BCUT2D eigenvalue weighted by atomic mass is 35.5. The summed E-state index contributed by atoms with van der Waals surface area (Å²) in [7, 11) is -8.98. The molecular formula is C30H24ClN5O6S2. The van der Waals surface area contributed by atoms with Crippen molar-refractivity contribution in [3.63, 3.8) is 0 Å². The Hall–Kier alpha value is -4.53. The summed E-state index contributed by atoms with van der Waals surface area (Å²) < 4.78 is 66.6. The van der Waals surface area contributed by atoms with Gasteiger partial charge in [-0.05, 0) is 85.6 Å². The first-order chi connectivity index (χ1) is 20.8. The number of nitrogens with one attached hydrogen (secondary N) is 1. The van der Waals surface area contributed by atoms with E-state index >= 15 is 0 Å². The van der Waals surface area contributed by atoms with Crippen LogP contribution in [0.2, 0.25) is 5.02 Å². The molecule has 0 aromatic heterocycles. The van der Waals surface area contributed by atoms with Crippen molar-refractivity contribution < 1.29 is 25.9 Å². The van der Waals surface area contributed by atoms with Crippen LogP contribution in [0.4, 0.5) is 34.1 Å². The standard InChI is InChI=1S/C30H24ClN5O6S2/c1-18-15-21(33-36-30-19(2)16-22(17-24(30)31)43(37,38)39)11-12-25(18)34-35-26-13-14-27(32-20-7-4-3-5-8-20)29-23(26)9-6-10-28(29)44(40,41)42/h3-17,32H,1-2H3,(H,37,38,39)(H,40,41,42). The average Bonchev–Trinajstić information content (AvgIpc) is 2.96. The van der Waals surface area contributed by atoms with Crippen molar-refractivity contribution in [2.24, 2.45) is 20.5 Å². The Kier molecular flexibility index (Phi) is 8.59. The van der Waals surface area contributed by atoms with Crippen molar-refractivity contribution in [2.75, 3.05) is 5.32 Å². The lowest BCUT2D eigenvalue weighted by molar-refractivity contribution is 0.481. The lowest BCUT2D eigenvalue weighted by Gasteiger charge is -2.14. The van der Waals surface area contributed by atoms with E-state index in [0.717, 1.165) is 11.8 Å². The number of halogens is 1. The van der Waals surface area contributed by atoms with Gasteiger partial charge in [-0.2, -0.15) is 27.1 Å². The smallest absolute Gasteiger partial charge is 0.295 e. The van der Waals surface area contributed by atoms with Gasteiger partial charge in [0.1, 0.15) is 10.6 Å². The third kappa shape index (κ3) is 6.82. The molecule has 3 N–H and O–H groups in total. The monoisotopic (exact) mass is 649 g/mol. The summed E-state index contributed by atoms with van der Waals surface area (Å²) in [6.45, 7) is 3.39. The highest BCUT2D eigenvalue weighted by molar-refractivity contribution is 7.86. The first-order valence-corrected chi connectivity index (χ1v) is 16.1. The van der Waals surface area contributed by atoms with Gasteiger partial charge < -0.3 is 5.32 Å². The third-order valence-electron chi connectivity index (χ3n) is 6.55. The number of aryl methyl sites for hydroxylation is 2. The number of hydrogen-bond acceptors (Lipinski definition) is 9. The summed E-state index contributed by atoms with van der Waals surface area (Å²) in [6, 6.07) is 24.5. The zero-order valence-corrected chi connectivity index (χ0v) is 25.6. The summed E-state index contributed by atoms with van der Waals surface area (Å²) >= 11 is 6.18. The second-order valence-corrected chi connectivity index (χ2v) is 12.9. The summed E-state index contributed by atoms with van der Waals surface area (Å²) in [5.41, 5.74) is 3.93. The molecule has 5 aromatic carbocycles. The number of nitrogens with zero attached hydrogens (tertiary/aromatic N) is 4. The fourth-order valence-corrected chi connectivity index (χ4v) is 6.14. The van der Waals surface area contributed by atoms with E-state index < -0.39 is 20.2 Å². The number of fused-ring (bicyclic) bond motifs is 1. The van der Waals surface area contributed by atoms with Crippen molar-refractivity contribution in [2.45, 2.75) is 23.6 Å². The van der Waals surface area contributed by atoms with Gasteiger partial charge in [0.25, 0.3) is 20.2 Å². The molecule has 0 amide bonds. The number of benzene rings is 5. The third-order valence-corrected chi connectivity index (χ3v) is 8.56. The van der Waals surface area contributed by atoms with E-state index in [0.29, 0.717) is 39.3 Å². The van der Waals surface area contributed by atoms with E-state index in [-0.39, 0.29) is 25.9 Å². The van der Waals surface area contributed by atoms with Crippen LogP contribution >= 0.6 is 11.6 Å². The van der Waals surface area contributed by atoms with Gasteiger partial charge in [0.15, 0.2) is 0 Å². The Balaban J connectivity index is 1.47. The molecule has 0 fully saturated rings. The van der Waals surface area contributed by atoms with Gasteiger partial charge in [0, 0.05) is 22.1 Å². The first-order valence-electron chi connectivity index (χ1n) is 12.9. The summed E-state index contributed by atoms with van der Waals surface area (Å²) in [6.07, 6.45) is 0. The number of rotatable bonds is 8. The molecule has 0 saturated heterocycles. The molecule has 5 rings (SSSR count). The Bertz CT molecular complexity index is 2170. The molecule has 0 spiro atoms. The number of anilines is 2. The van der Waals surface area contributed by atoms with Gasteiger partial charge in [-0.1, -0.05) is 41.9 Å². The van der Waals surface area contributed by atoms with Crippen LogP contribution in [0.15, 0.2) is 121 Å². The minimum atomic E-state index is -4.56. The zero-order chi connectivity index (χ0) is 31.6. The van der Waals surface area contributed by atoms with Crippen molar-refractivity contribution in [1.29, 1.82) is 0 Å². The topological polar surface area (TPSA) is 170 Å². The van der Waals surface area contributed by atoms with Crippen LogP contribution in [-0.2, 0) is 20.2 Å². The van der Waals surface area contributed by atoms with Crippen molar-refractivity contribution in [3.8, 4) is 0 Å². The summed E-state index contributed by atoms with van der Waals surface area (Å²) in [4.78, 5) is -0.604. The van der Waals surface area contributed by atoms with Gasteiger partial charge >= 0.3 is 0 Å². The van der Waals surface area contributed by atoms with Crippen LogP contribution in [-0.4, -0.2) is 25.9 Å². The van der Waals surface area contributed by atoms with E-state index in [4.69, 9.17) is 11.6 Å². The Morgan fingerprint density at radius 2 is 1.39 bits per heavy atom. The van der Waals surface area contributed by atoms with Gasteiger partial charge in [-0.15, -0.1) is 10.2 Å². The summed E-state index contributed by atoms with van der Waals surface area (Å²) in [5, 5.41) is 21.0. The van der Waals surface area contributed by atoms with Crippen molar-refractivity contribution in [1.82, 2.24) is 0 Å². The molecule has 0 aliphatic rings. The fourth-order valence-electron chi connectivity index (χ4n) is 4.45. The normalized spacial score (nSPS) is 12.4. The highest BCUT2D eigenvalue weighted by Gasteiger charge is 2.19. The molecule has 0 radical (unpaired) electrons. The largest absolute Gasteiger partial charge is 0.355 e. The van der Waals surface area contributed by atoms with Gasteiger partial charge in [0.2, 0.25) is 0 Å². The molecular weight excluding hydrogens is 626 g/mol. The molecule has 0 saturated carbocycles. The van der Waals surface area contributed by atoms with Crippen LogP contribution in [0.25, 0.3) is 10.8 Å². The van der Waals surface area contributed by atoms with Crippen LogP contribution in [0.1, 0.15) is 11.1 Å². The SMILES string of the molecule is Cc1cc(N=Nc2c(C)cc(S(=O)(=O)O)cc2Cl)ccc1N=Nc1ccc(Nc2ccccc2)c2c(S(=O)(=O)O)cccc12. The average molecular weight is 650 g/mol. The predicted molar refractivity (Wildman–Crippen MR) is 169 cm³/mol. The molecule has 11 nitrogen and oxygen atoms in total. The Morgan fingerprint density at radius 1 is 0.682 bits per heavy atom. The van der Waals surface area contributed by atoms with Crippen LogP contribution in [0.3, 0.4) is 0 Å². The second-order valence-electron chi connectivity index (χ2n) is 9.69. The van der Waals surface area contributed by atoms with Gasteiger partial charge in [-0.25, -0.2) is 0 Å². The molecule has 0 unspecified atom stereocenters. The molecule has 224 valence electrons. The molecule has 0 aliphatic carbocycles. The molecule has 0 atom stereocenters. The van der Waals surface area contributed by atoms with Crippen molar-refractivity contribution in [3.05, 3.63) is 107 Å². The maximum atomic E-state index is 12.3. The molecule has 14 heteroatoms. The van der Waals surface area contributed by atoms with E-state index in [1.165, 1.54) is 18.2 Å². The Labute approximate surface area is 258 Å². The lowest BCUT2D eigenvalue weighted by Crippen LogP contribution is -2.01. The maximum Gasteiger partial charge on any atom is 0.295 e. The lowest BCUT2D eigenvalue weighted by atomic mass is 10.1. The predicted octanol–water partition coefficient (Wildman–Crippen LogP) is 9.18. The van der Waals surface area contributed by atoms with Crippen LogP contribution < -0.4 is 5.32 Å². The first kappa shape index (κ1) is 30.9. The summed E-state index contributed by atoms with van der Waals surface area (Å²) in [5.74, 6) is 0. The minimum Gasteiger partial charge on any atom is -0.355 e. The quantitative estimate of drug-likeness (QED) is 0.111. The van der Waals surface area contributed by atoms with E-state index in [1.807, 2.05) is 30.3 Å². The zero-order valence-electron chi connectivity index (χ0n) is 23.2. The molecule has 5 aromatic rings. The van der Waals surface area contributed by atoms with E-state index in [2.05, 4.69) is 25.8 Å². The fraction of sp³-hybridized carbons (Fsp3) is 0.0667. The molecule has 0 bridgehead atoms. The highest BCUT2D eigenvalue weighted by Crippen LogP contribution is 2.39. The van der Waals surface area contributed by atoms with Gasteiger partial charge in [0.05, 0.1) is 27.0 Å². The van der Waals surface area contributed by atoms with E-state index in [1.54, 1.807) is 50.2 Å². The maximum absolute atomic E-state index is 12.3. The second kappa shape index (κ2) is 12.2. The molecule has 0 heterocycles. The van der Waals surface area contributed by atoms with Crippen LogP contribution in [0, 0.1) is 13.8 Å². The van der Waals surface area contributed by atoms with Gasteiger partial charge in [-0.3, -0.25) is 9.11 Å². The molecule has 0 aliphatic heterocycles. The molecule has 44 heavy (non-hydrogen) atoms. The van der Waals surface area contributed by atoms with E-state index in [9.17, 15) is 25.9 Å². The van der Waals surface area contributed by atoms with Crippen molar-refractivity contribution >= 4 is 76.7 Å². The minimum absolute atomic E-state index is 0.0119. The number of hydrogen-bond donors (Lipinski definition) is 3.